The van der Waals surface area contributed by atoms with E-state index in [4.69, 9.17) is 0 Å². The van der Waals surface area contributed by atoms with Crippen molar-refractivity contribution in [3.8, 4) is 16.9 Å². The molecule has 0 bridgehead atoms. The zero-order valence-corrected chi connectivity index (χ0v) is 12.0. The third-order valence-electron chi connectivity index (χ3n) is 3.76. The molecule has 0 unspecified atom stereocenters. The largest absolute Gasteiger partial charge is 0.508 e. The van der Waals surface area contributed by atoms with Crippen molar-refractivity contribution in [3.05, 3.63) is 53.1 Å². The highest BCUT2D eigenvalue weighted by Crippen LogP contribution is 2.36. The summed E-state index contributed by atoms with van der Waals surface area (Å²) in [5.41, 5.74) is 6.20. The number of aryl methyl sites for hydroxylation is 1. The van der Waals surface area contributed by atoms with Crippen LogP contribution in [0.15, 0.2) is 36.4 Å². The lowest BCUT2D eigenvalue weighted by molar-refractivity contribution is 0.467. The monoisotopic (exact) mass is 254 g/mol. The predicted molar refractivity (Wildman–Crippen MR) is 81.7 cm³/mol. The summed E-state index contributed by atoms with van der Waals surface area (Å²) in [6.45, 7) is 6.42. The van der Waals surface area contributed by atoms with Gasteiger partial charge in [-0.05, 0) is 53.1 Å². The molecular weight excluding hydrogens is 232 g/mol. The van der Waals surface area contributed by atoms with Crippen molar-refractivity contribution in [1.29, 1.82) is 0 Å². The number of hydrogen-bond donors (Lipinski definition) is 1. The second-order valence-electron chi connectivity index (χ2n) is 4.81. The SMILES string of the molecule is CCc1cc(O)c(CC)c(CC)c1-c1ccccc1. The highest BCUT2D eigenvalue weighted by Gasteiger charge is 2.15. The molecule has 0 aliphatic rings. The van der Waals surface area contributed by atoms with Crippen LogP contribution in [0.4, 0.5) is 0 Å². The van der Waals surface area contributed by atoms with Gasteiger partial charge in [-0.1, -0.05) is 51.1 Å². The topological polar surface area (TPSA) is 20.2 Å². The molecular formula is C18H22O. The molecule has 0 amide bonds. The van der Waals surface area contributed by atoms with E-state index < -0.39 is 0 Å². The van der Waals surface area contributed by atoms with E-state index in [1.807, 2.05) is 12.1 Å². The average molecular weight is 254 g/mol. The highest BCUT2D eigenvalue weighted by molar-refractivity contribution is 5.74. The molecule has 2 aromatic carbocycles. The molecule has 0 aromatic heterocycles. The Hall–Kier alpha value is -1.76. The first-order valence-electron chi connectivity index (χ1n) is 7.14. The summed E-state index contributed by atoms with van der Waals surface area (Å²) in [5, 5.41) is 10.2. The van der Waals surface area contributed by atoms with Gasteiger partial charge in [0.2, 0.25) is 0 Å². The lowest BCUT2D eigenvalue weighted by atomic mass is 9.87. The smallest absolute Gasteiger partial charge is 0.119 e. The third-order valence-corrected chi connectivity index (χ3v) is 3.76. The summed E-state index contributed by atoms with van der Waals surface area (Å²) >= 11 is 0. The van der Waals surface area contributed by atoms with Crippen LogP contribution < -0.4 is 0 Å². The maximum atomic E-state index is 10.2. The molecule has 0 spiro atoms. The Morgan fingerprint density at radius 2 is 1.47 bits per heavy atom. The van der Waals surface area contributed by atoms with Crippen LogP contribution in [0.5, 0.6) is 5.75 Å². The summed E-state index contributed by atoms with van der Waals surface area (Å²) in [5.74, 6) is 0.455. The maximum absolute atomic E-state index is 10.2. The molecule has 1 N–H and O–H groups in total. The van der Waals surface area contributed by atoms with Gasteiger partial charge in [0.1, 0.15) is 5.75 Å². The number of hydrogen-bond acceptors (Lipinski definition) is 1. The summed E-state index contributed by atoms with van der Waals surface area (Å²) < 4.78 is 0. The zero-order valence-electron chi connectivity index (χ0n) is 12.0. The highest BCUT2D eigenvalue weighted by atomic mass is 16.3. The molecule has 0 atom stereocenters. The van der Waals surface area contributed by atoms with Gasteiger partial charge in [0.05, 0.1) is 0 Å². The quantitative estimate of drug-likeness (QED) is 0.835. The molecule has 1 nitrogen and oxygen atoms in total. The van der Waals surface area contributed by atoms with Crippen LogP contribution in [0.3, 0.4) is 0 Å². The molecule has 1 heteroatoms. The van der Waals surface area contributed by atoms with Crippen molar-refractivity contribution in [1.82, 2.24) is 0 Å². The van der Waals surface area contributed by atoms with Crippen LogP contribution in [0, 0.1) is 0 Å². The molecule has 0 saturated heterocycles. The van der Waals surface area contributed by atoms with Gasteiger partial charge in [-0.15, -0.1) is 0 Å². The minimum absolute atomic E-state index is 0.455. The van der Waals surface area contributed by atoms with Crippen LogP contribution >= 0.6 is 0 Å². The van der Waals surface area contributed by atoms with Gasteiger partial charge in [0.15, 0.2) is 0 Å². The van der Waals surface area contributed by atoms with Gasteiger partial charge in [0, 0.05) is 0 Å². The Kier molecular flexibility index (Phi) is 4.26. The standard InChI is InChI=1S/C18H22O/c1-4-13-12-17(19)15(5-2)16(6-3)18(13)14-10-8-7-9-11-14/h7-12,19H,4-6H2,1-3H3. The summed E-state index contributed by atoms with van der Waals surface area (Å²) in [7, 11) is 0. The van der Waals surface area contributed by atoms with Crippen LogP contribution in [0.2, 0.25) is 0 Å². The van der Waals surface area contributed by atoms with E-state index in [0.29, 0.717) is 5.75 Å². The lowest BCUT2D eigenvalue weighted by Crippen LogP contribution is -2.00. The van der Waals surface area contributed by atoms with Gasteiger partial charge >= 0.3 is 0 Å². The van der Waals surface area contributed by atoms with Gasteiger partial charge in [-0.2, -0.15) is 0 Å². The number of phenolic OH excluding ortho intramolecular Hbond substituents is 1. The van der Waals surface area contributed by atoms with Crippen molar-refractivity contribution in [3.63, 3.8) is 0 Å². The van der Waals surface area contributed by atoms with Crippen LogP contribution in [-0.2, 0) is 19.3 Å². The Morgan fingerprint density at radius 3 is 2.00 bits per heavy atom. The van der Waals surface area contributed by atoms with Crippen molar-refractivity contribution >= 4 is 0 Å². The Labute approximate surface area is 115 Å². The van der Waals surface area contributed by atoms with Crippen molar-refractivity contribution in [2.24, 2.45) is 0 Å². The molecule has 100 valence electrons. The van der Waals surface area contributed by atoms with Crippen LogP contribution in [0.1, 0.15) is 37.5 Å². The van der Waals surface area contributed by atoms with Gasteiger partial charge in [0.25, 0.3) is 0 Å². The Morgan fingerprint density at radius 1 is 0.842 bits per heavy atom. The Bertz CT molecular complexity index is 556. The van der Waals surface area contributed by atoms with Gasteiger partial charge < -0.3 is 5.11 Å². The second kappa shape index (κ2) is 5.92. The molecule has 0 radical (unpaired) electrons. The average Bonchev–Trinajstić information content (AvgIpc) is 2.46. The molecule has 0 saturated carbocycles. The molecule has 0 heterocycles. The van der Waals surface area contributed by atoms with Gasteiger partial charge in [-0.3, -0.25) is 0 Å². The second-order valence-corrected chi connectivity index (χ2v) is 4.81. The number of phenols is 1. The minimum Gasteiger partial charge on any atom is -0.508 e. The number of benzene rings is 2. The van der Waals surface area contributed by atoms with E-state index in [0.717, 1.165) is 24.8 Å². The zero-order chi connectivity index (χ0) is 13.8. The first kappa shape index (κ1) is 13.7. The molecule has 0 aliphatic heterocycles. The summed E-state index contributed by atoms with van der Waals surface area (Å²) in [6, 6.07) is 12.5. The van der Waals surface area contributed by atoms with E-state index in [1.165, 1.54) is 22.3 Å². The molecule has 0 aliphatic carbocycles. The van der Waals surface area contributed by atoms with E-state index in [1.54, 1.807) is 0 Å². The Balaban J connectivity index is 2.76. The first-order valence-corrected chi connectivity index (χ1v) is 7.14. The van der Waals surface area contributed by atoms with E-state index >= 15 is 0 Å². The summed E-state index contributed by atoms with van der Waals surface area (Å²) in [6.07, 6.45) is 2.77. The fourth-order valence-electron chi connectivity index (χ4n) is 2.85. The van der Waals surface area contributed by atoms with E-state index in [-0.39, 0.29) is 0 Å². The third kappa shape index (κ3) is 2.51. The normalized spacial score (nSPS) is 10.7. The predicted octanol–water partition coefficient (Wildman–Crippen LogP) is 4.75. The van der Waals surface area contributed by atoms with Crippen LogP contribution in [0.25, 0.3) is 11.1 Å². The number of aromatic hydroxyl groups is 1. The molecule has 2 rings (SSSR count). The number of rotatable bonds is 4. The van der Waals surface area contributed by atoms with Crippen molar-refractivity contribution in [2.75, 3.05) is 0 Å². The summed E-state index contributed by atoms with van der Waals surface area (Å²) in [4.78, 5) is 0. The van der Waals surface area contributed by atoms with Crippen molar-refractivity contribution in [2.45, 2.75) is 40.0 Å². The molecule has 19 heavy (non-hydrogen) atoms. The minimum atomic E-state index is 0.455. The lowest BCUT2D eigenvalue weighted by Gasteiger charge is -2.18. The maximum Gasteiger partial charge on any atom is 0.119 e. The van der Waals surface area contributed by atoms with E-state index in [2.05, 4.69) is 45.0 Å². The molecule has 0 fully saturated rings. The molecule has 2 aromatic rings. The van der Waals surface area contributed by atoms with Gasteiger partial charge in [-0.25, -0.2) is 0 Å². The van der Waals surface area contributed by atoms with E-state index in [9.17, 15) is 5.11 Å². The van der Waals surface area contributed by atoms with Crippen molar-refractivity contribution < 1.29 is 5.11 Å². The van der Waals surface area contributed by atoms with Crippen LogP contribution in [-0.4, -0.2) is 5.11 Å². The fourth-order valence-corrected chi connectivity index (χ4v) is 2.85. The first-order chi connectivity index (χ1) is 9.22. The fraction of sp³-hybridized carbons (Fsp3) is 0.333.